The third-order valence-corrected chi connectivity index (χ3v) is 2.13. The van der Waals surface area contributed by atoms with E-state index in [0.717, 1.165) is 4.68 Å². The summed E-state index contributed by atoms with van der Waals surface area (Å²) in [6.07, 6.45) is -1.82. The molecule has 0 amide bonds. The minimum absolute atomic E-state index is 0.194. The molecule has 2 heterocycles. The van der Waals surface area contributed by atoms with Crippen molar-refractivity contribution in [2.24, 2.45) is 0 Å². The molecule has 0 atom stereocenters. The van der Waals surface area contributed by atoms with Gasteiger partial charge >= 0.3 is 6.18 Å². The first-order valence-corrected chi connectivity index (χ1v) is 6.76. The number of fused-ring (bicyclic) bond motifs is 1. The van der Waals surface area contributed by atoms with Crippen molar-refractivity contribution in [3.63, 3.8) is 0 Å². The van der Waals surface area contributed by atoms with Crippen molar-refractivity contribution in [1.82, 2.24) is 14.8 Å². The third kappa shape index (κ3) is 6.51. The number of halogens is 3. The minimum atomic E-state index is -4.34. The normalized spacial score (nSPS) is 12.0. The van der Waals surface area contributed by atoms with Crippen LogP contribution in [0.25, 0.3) is 10.9 Å². The van der Waals surface area contributed by atoms with Crippen molar-refractivity contribution >= 4 is 37.0 Å². The number of alkyl halides is 3. The highest BCUT2D eigenvalue weighted by Crippen LogP contribution is 2.21. The van der Waals surface area contributed by atoms with E-state index in [1.807, 2.05) is 0 Å². The second-order valence-electron chi connectivity index (χ2n) is 5.63. The van der Waals surface area contributed by atoms with Crippen LogP contribution in [0.2, 0.25) is 0 Å². The molecule has 2 aromatic rings. The van der Waals surface area contributed by atoms with Crippen molar-refractivity contribution in [2.45, 2.75) is 38.2 Å². The van der Waals surface area contributed by atoms with Crippen LogP contribution in [0.3, 0.4) is 0 Å². The van der Waals surface area contributed by atoms with E-state index < -0.39 is 12.7 Å². The summed E-state index contributed by atoms with van der Waals surface area (Å²) in [5, 5.41) is 11.3. The van der Waals surface area contributed by atoms with Crippen LogP contribution in [0.1, 0.15) is 26.5 Å². The van der Waals surface area contributed by atoms with Crippen molar-refractivity contribution in [1.29, 1.82) is 5.41 Å². The zero-order valence-electron chi connectivity index (χ0n) is 12.4. The first kappa shape index (κ1) is 18.5. The fraction of sp³-hybridized carbons (Fsp3) is 0.462. The van der Waals surface area contributed by atoms with E-state index in [9.17, 15) is 13.2 Å². The average Bonchev–Trinajstić information content (AvgIpc) is 2.67. The molecule has 9 heteroatoms. The second-order valence-corrected chi connectivity index (χ2v) is 6.97. The Morgan fingerprint density at radius 3 is 2.32 bits per heavy atom. The van der Waals surface area contributed by atoms with Crippen LogP contribution in [0.15, 0.2) is 18.5 Å². The number of hydrogen-bond donors (Lipinski definition) is 2. The van der Waals surface area contributed by atoms with E-state index in [1.54, 1.807) is 0 Å². The molecule has 0 saturated heterocycles. The molecule has 4 nitrogen and oxygen atoms in total. The first-order chi connectivity index (χ1) is 9.87. The summed E-state index contributed by atoms with van der Waals surface area (Å²) in [6.45, 7) is 4.99. The number of nitrogens with one attached hydrogen (secondary N) is 1. The van der Waals surface area contributed by atoms with Crippen molar-refractivity contribution < 1.29 is 13.2 Å². The average molecular weight is 328 g/mol. The third-order valence-electron chi connectivity index (χ3n) is 2.13. The Labute approximate surface area is 133 Å². The fourth-order valence-corrected chi connectivity index (χ4v) is 1.42. The fourth-order valence-electron chi connectivity index (χ4n) is 1.42. The zero-order valence-corrected chi connectivity index (χ0v) is 13.3. The Balaban J connectivity index is 0.000000422. The molecule has 0 spiro atoms. The van der Waals surface area contributed by atoms with Crippen molar-refractivity contribution in [3.05, 3.63) is 24.2 Å². The molecule has 1 N–H and O–H groups in total. The molecule has 0 aliphatic carbocycles. The predicted octanol–water partition coefficient (Wildman–Crippen LogP) is 3.20. The highest BCUT2D eigenvalue weighted by Gasteiger charge is 2.29. The van der Waals surface area contributed by atoms with Crippen molar-refractivity contribution in [2.75, 3.05) is 0 Å². The largest absolute Gasteiger partial charge is 0.408 e. The van der Waals surface area contributed by atoms with Gasteiger partial charge in [0.1, 0.15) is 14.4 Å². The summed E-state index contributed by atoms with van der Waals surface area (Å²) >= 11 is 4.12. The quantitative estimate of drug-likeness (QED) is 0.505. The molecule has 22 heavy (non-hydrogen) atoms. The van der Waals surface area contributed by atoms with Gasteiger partial charge < -0.3 is 5.41 Å². The number of rotatable bonds is 2. The highest BCUT2D eigenvalue weighted by molar-refractivity contribution is 7.81. The summed E-state index contributed by atoms with van der Waals surface area (Å²) in [4.78, 5) is 3.79. The molecule has 2 rings (SSSR count). The summed E-state index contributed by atoms with van der Waals surface area (Å²) in [5.74, 6) is 0. The van der Waals surface area contributed by atoms with Crippen LogP contribution < -0.4 is 0 Å². The molecule has 118 valence electrons. The maximum atomic E-state index is 12.2. The molecule has 0 saturated carbocycles. The predicted molar refractivity (Wildman–Crippen MR) is 84.9 cm³/mol. The first-order valence-electron chi connectivity index (χ1n) is 6.32. The van der Waals surface area contributed by atoms with Gasteiger partial charge in [-0.2, -0.15) is 30.9 Å². The van der Waals surface area contributed by atoms with Crippen LogP contribution in [0, 0.1) is 5.41 Å². The summed E-state index contributed by atoms with van der Waals surface area (Å²) in [6, 6.07) is 1.43. The number of aromatic nitrogens is 3. The Morgan fingerprint density at radius 2 is 1.86 bits per heavy atom. The zero-order chi connectivity index (χ0) is 17.1. The Kier molecular flexibility index (Phi) is 5.67. The van der Waals surface area contributed by atoms with E-state index in [2.05, 4.69) is 43.5 Å². The van der Waals surface area contributed by atoms with Crippen LogP contribution in [0.5, 0.6) is 0 Å². The number of pyridine rings is 1. The van der Waals surface area contributed by atoms with Gasteiger partial charge in [-0.05, 0) is 6.07 Å². The molecule has 2 radical (unpaired) electrons. The number of nitrogens with zero attached hydrogens (tertiary/aromatic N) is 3. The van der Waals surface area contributed by atoms with E-state index in [0.29, 0.717) is 5.39 Å². The van der Waals surface area contributed by atoms with Gasteiger partial charge in [0, 0.05) is 15.7 Å². The highest BCUT2D eigenvalue weighted by atomic mass is 32.1. The van der Waals surface area contributed by atoms with Gasteiger partial charge in [0.25, 0.3) is 0 Å². The van der Waals surface area contributed by atoms with E-state index in [4.69, 9.17) is 13.3 Å². The topological polar surface area (TPSA) is 54.6 Å². The molecule has 0 bridgehead atoms. The monoisotopic (exact) mass is 328 g/mol. The summed E-state index contributed by atoms with van der Waals surface area (Å²) < 4.78 is 37.7. The second kappa shape index (κ2) is 6.72. The summed E-state index contributed by atoms with van der Waals surface area (Å²) in [5.41, 5.74) is 0.229. The Hall–Kier alpha value is -1.51. The van der Waals surface area contributed by atoms with Gasteiger partial charge in [0.15, 0.2) is 0 Å². The lowest BCUT2D eigenvalue weighted by Gasteiger charge is -2.07. The molecule has 0 aliphatic rings. The molecule has 0 fully saturated rings. The lowest BCUT2D eigenvalue weighted by molar-refractivity contribution is -0.141. The van der Waals surface area contributed by atoms with E-state index >= 15 is 0 Å². The van der Waals surface area contributed by atoms with Gasteiger partial charge in [-0.15, -0.1) is 0 Å². The van der Waals surface area contributed by atoms with Crippen LogP contribution in [-0.2, 0) is 6.54 Å². The van der Waals surface area contributed by atoms with Crippen LogP contribution >= 0.6 is 12.6 Å². The van der Waals surface area contributed by atoms with E-state index in [1.165, 1.54) is 18.5 Å². The van der Waals surface area contributed by atoms with Crippen LogP contribution in [-0.4, -0.2) is 39.1 Å². The standard InChI is InChI=1S/C9H6BF3N4.C4H10S/c10-8(14)6-1-5-2-16-17(4-9(11,12)13)7(5)3-15-6;1-4(2,3)5/h1-3,14H,4H2;5H,1-3H3. The molecular weight excluding hydrogens is 312 g/mol. The molecule has 0 aromatic carbocycles. The number of hydrogen-bond acceptors (Lipinski definition) is 4. The Morgan fingerprint density at radius 1 is 1.32 bits per heavy atom. The van der Waals surface area contributed by atoms with Gasteiger partial charge in [0.2, 0.25) is 0 Å². The van der Waals surface area contributed by atoms with Gasteiger partial charge in [-0.3, -0.25) is 9.67 Å². The lowest BCUT2D eigenvalue weighted by Crippen LogP contribution is -2.18. The molecule has 2 aromatic heterocycles. The number of thiol groups is 1. The molecular formula is C13H16BF3N4S. The van der Waals surface area contributed by atoms with Gasteiger partial charge in [-0.25, -0.2) is 0 Å². The summed E-state index contributed by atoms with van der Waals surface area (Å²) in [7, 11) is 5.23. The molecule has 0 unspecified atom stereocenters. The molecule has 0 aliphatic heterocycles. The maximum Gasteiger partial charge on any atom is 0.408 e. The van der Waals surface area contributed by atoms with Crippen LogP contribution in [0.4, 0.5) is 13.2 Å². The Bertz CT molecular complexity index is 655. The maximum absolute atomic E-state index is 12.2. The smallest absolute Gasteiger partial charge is 0.315 e. The van der Waals surface area contributed by atoms with E-state index in [-0.39, 0.29) is 21.6 Å². The minimum Gasteiger partial charge on any atom is -0.315 e. The lowest BCUT2D eigenvalue weighted by atomic mass is 9.97. The van der Waals surface area contributed by atoms with Gasteiger partial charge in [-0.1, -0.05) is 20.8 Å². The van der Waals surface area contributed by atoms with Gasteiger partial charge in [0.05, 0.1) is 23.6 Å². The van der Waals surface area contributed by atoms with Crippen molar-refractivity contribution in [3.8, 4) is 0 Å². The SMILES string of the molecule is CC(C)(C)S.[B]C(=N)c1cc2cnn(CC(F)(F)F)c2cn1.